The van der Waals surface area contributed by atoms with Crippen LogP contribution in [0.5, 0.6) is 0 Å². The van der Waals surface area contributed by atoms with Crippen LogP contribution in [0.1, 0.15) is 12.8 Å². The summed E-state index contributed by atoms with van der Waals surface area (Å²) in [7, 11) is 3.18. The summed E-state index contributed by atoms with van der Waals surface area (Å²) in [4.78, 5) is 0. The molecule has 0 aromatic heterocycles. The molecule has 0 atom stereocenters. The molecule has 1 aromatic carbocycles. The predicted molar refractivity (Wildman–Crippen MR) is 119 cm³/mol. The maximum Gasteiger partial charge on any atom is 0.0701 e. The van der Waals surface area contributed by atoms with E-state index in [4.69, 9.17) is 28.4 Å². The molecule has 0 saturated heterocycles. The topological polar surface area (TPSA) is 55.4 Å². The first-order chi connectivity index (χ1) is 14.4. The highest BCUT2D eigenvalue weighted by molar-refractivity contribution is 7.65. The van der Waals surface area contributed by atoms with Crippen molar-refractivity contribution >= 4 is 13.2 Å². The Balaban J connectivity index is 2.13. The summed E-state index contributed by atoms with van der Waals surface area (Å²) < 4.78 is 32.1. The van der Waals surface area contributed by atoms with Gasteiger partial charge in [-0.25, -0.2) is 0 Å². The van der Waals surface area contributed by atoms with Gasteiger partial charge in [-0.2, -0.15) is 0 Å². The van der Waals surface area contributed by atoms with Crippen molar-refractivity contribution in [2.75, 3.05) is 92.6 Å². The Morgan fingerprint density at radius 1 is 0.552 bits per heavy atom. The first-order valence-corrected chi connectivity index (χ1v) is 12.2. The lowest BCUT2D eigenvalue weighted by Crippen LogP contribution is -2.12. The van der Waals surface area contributed by atoms with Gasteiger partial charge < -0.3 is 28.4 Å². The molecule has 0 aliphatic rings. The summed E-state index contributed by atoms with van der Waals surface area (Å²) in [5, 5.41) is 1.47. The average molecular weight is 431 g/mol. The smallest absolute Gasteiger partial charge is 0.0701 e. The van der Waals surface area contributed by atoms with Gasteiger partial charge in [0.2, 0.25) is 0 Å². The summed E-state index contributed by atoms with van der Waals surface area (Å²) in [5.41, 5.74) is 0. The standard InChI is InChI=1S/C22H39O6P/c1-23-12-14-27-18-16-25-10-6-20-29(22-8-4-3-5-9-22)21-7-11-26-17-19-28-15-13-24-2/h3-5,8-9H,6-7,10-21H2,1-2H3. The van der Waals surface area contributed by atoms with Gasteiger partial charge in [0.15, 0.2) is 0 Å². The molecule has 0 spiro atoms. The second kappa shape index (κ2) is 20.7. The quantitative estimate of drug-likeness (QED) is 0.221. The Morgan fingerprint density at radius 2 is 0.966 bits per heavy atom. The van der Waals surface area contributed by atoms with Gasteiger partial charge in [0.25, 0.3) is 0 Å². The molecule has 0 fully saturated rings. The number of ether oxygens (including phenoxy) is 6. The van der Waals surface area contributed by atoms with Crippen molar-refractivity contribution in [1.29, 1.82) is 0 Å². The number of rotatable bonds is 21. The van der Waals surface area contributed by atoms with Gasteiger partial charge in [-0.15, -0.1) is 0 Å². The fourth-order valence-electron chi connectivity index (χ4n) is 2.65. The Hall–Kier alpha value is -0.590. The van der Waals surface area contributed by atoms with Crippen LogP contribution in [0.4, 0.5) is 0 Å². The molecular formula is C22H39O6P. The van der Waals surface area contributed by atoms with Crippen molar-refractivity contribution in [1.82, 2.24) is 0 Å². The molecule has 29 heavy (non-hydrogen) atoms. The van der Waals surface area contributed by atoms with Gasteiger partial charge in [0, 0.05) is 27.4 Å². The molecule has 168 valence electrons. The lowest BCUT2D eigenvalue weighted by atomic mass is 10.4. The van der Waals surface area contributed by atoms with Crippen LogP contribution in [-0.4, -0.2) is 92.6 Å². The van der Waals surface area contributed by atoms with E-state index >= 15 is 0 Å². The Labute approximate surface area is 177 Å². The van der Waals surface area contributed by atoms with Crippen LogP contribution in [0.2, 0.25) is 0 Å². The number of benzene rings is 1. The second-order valence-corrected chi connectivity index (χ2v) is 8.96. The minimum absolute atomic E-state index is 0.176. The molecule has 0 radical (unpaired) electrons. The molecule has 0 heterocycles. The van der Waals surface area contributed by atoms with Gasteiger partial charge in [-0.1, -0.05) is 38.3 Å². The third-order valence-corrected chi connectivity index (χ3v) is 6.90. The van der Waals surface area contributed by atoms with Crippen molar-refractivity contribution in [3.63, 3.8) is 0 Å². The molecular weight excluding hydrogens is 391 g/mol. The van der Waals surface area contributed by atoms with E-state index in [1.807, 2.05) is 0 Å². The zero-order valence-electron chi connectivity index (χ0n) is 18.2. The van der Waals surface area contributed by atoms with E-state index in [0.717, 1.165) is 26.1 Å². The highest BCUT2D eigenvalue weighted by Gasteiger charge is 2.10. The maximum atomic E-state index is 5.70. The predicted octanol–water partition coefficient (Wildman–Crippen LogP) is 2.93. The Kier molecular flexibility index (Phi) is 18.9. The van der Waals surface area contributed by atoms with Crippen LogP contribution in [0.3, 0.4) is 0 Å². The zero-order valence-corrected chi connectivity index (χ0v) is 19.1. The van der Waals surface area contributed by atoms with E-state index in [1.165, 1.54) is 17.6 Å². The molecule has 0 aliphatic heterocycles. The van der Waals surface area contributed by atoms with Gasteiger partial charge in [-0.05, 0) is 30.5 Å². The SMILES string of the molecule is COCCOCCOCCCP(CCCOCCOCCOC)c1ccccc1. The minimum atomic E-state index is -0.176. The highest BCUT2D eigenvalue weighted by atomic mass is 31.1. The number of hydrogen-bond acceptors (Lipinski definition) is 6. The van der Waals surface area contributed by atoms with Gasteiger partial charge in [0.1, 0.15) is 0 Å². The van der Waals surface area contributed by atoms with E-state index in [0.29, 0.717) is 52.9 Å². The van der Waals surface area contributed by atoms with E-state index in [1.54, 1.807) is 14.2 Å². The number of methoxy groups -OCH3 is 2. The summed E-state index contributed by atoms with van der Waals surface area (Å²) in [6.45, 7) is 6.63. The fourth-order valence-corrected chi connectivity index (χ4v) is 5.01. The van der Waals surface area contributed by atoms with Gasteiger partial charge in [-0.3, -0.25) is 0 Å². The van der Waals surface area contributed by atoms with E-state index in [-0.39, 0.29) is 7.92 Å². The first kappa shape index (κ1) is 26.4. The largest absolute Gasteiger partial charge is 0.382 e. The third kappa shape index (κ3) is 15.9. The van der Waals surface area contributed by atoms with E-state index in [9.17, 15) is 0 Å². The molecule has 1 rings (SSSR count). The van der Waals surface area contributed by atoms with Crippen LogP contribution in [0.25, 0.3) is 0 Å². The summed E-state index contributed by atoms with van der Waals surface area (Å²) in [6.07, 6.45) is 4.52. The Morgan fingerprint density at radius 3 is 1.41 bits per heavy atom. The van der Waals surface area contributed by atoms with Crippen LogP contribution >= 0.6 is 7.92 Å². The second-order valence-electron chi connectivity index (χ2n) is 6.46. The summed E-state index contributed by atoms with van der Waals surface area (Å²) in [6, 6.07) is 10.8. The zero-order chi connectivity index (χ0) is 20.8. The molecule has 0 saturated carbocycles. The van der Waals surface area contributed by atoms with Crippen molar-refractivity contribution in [3.8, 4) is 0 Å². The normalized spacial score (nSPS) is 11.4. The molecule has 0 amide bonds. The molecule has 1 aromatic rings. The fraction of sp³-hybridized carbons (Fsp3) is 0.727. The monoisotopic (exact) mass is 430 g/mol. The average Bonchev–Trinajstić information content (AvgIpc) is 2.76. The summed E-state index contributed by atoms with van der Waals surface area (Å²) >= 11 is 0. The summed E-state index contributed by atoms with van der Waals surface area (Å²) in [5.74, 6) is 0. The Bertz CT molecular complexity index is 426. The molecule has 0 aliphatic carbocycles. The highest BCUT2D eigenvalue weighted by Crippen LogP contribution is 2.35. The lowest BCUT2D eigenvalue weighted by Gasteiger charge is -2.18. The lowest BCUT2D eigenvalue weighted by molar-refractivity contribution is 0.0249. The van der Waals surface area contributed by atoms with Crippen molar-refractivity contribution in [3.05, 3.63) is 30.3 Å². The molecule has 6 nitrogen and oxygen atoms in total. The van der Waals surface area contributed by atoms with E-state index in [2.05, 4.69) is 30.3 Å². The van der Waals surface area contributed by atoms with Crippen molar-refractivity contribution in [2.24, 2.45) is 0 Å². The third-order valence-electron chi connectivity index (χ3n) is 4.16. The van der Waals surface area contributed by atoms with Gasteiger partial charge in [0.05, 0.1) is 52.9 Å². The molecule has 0 bridgehead atoms. The molecule has 0 unspecified atom stereocenters. The number of hydrogen-bond donors (Lipinski definition) is 0. The van der Waals surface area contributed by atoms with Crippen molar-refractivity contribution < 1.29 is 28.4 Å². The van der Waals surface area contributed by atoms with Crippen LogP contribution < -0.4 is 5.30 Å². The minimum Gasteiger partial charge on any atom is -0.382 e. The molecule has 7 heteroatoms. The van der Waals surface area contributed by atoms with Gasteiger partial charge >= 0.3 is 0 Å². The van der Waals surface area contributed by atoms with Crippen molar-refractivity contribution in [2.45, 2.75) is 12.8 Å². The maximum absolute atomic E-state index is 5.70. The van der Waals surface area contributed by atoms with Crippen LogP contribution in [0, 0.1) is 0 Å². The van der Waals surface area contributed by atoms with E-state index < -0.39 is 0 Å². The van der Waals surface area contributed by atoms with Crippen LogP contribution in [0.15, 0.2) is 30.3 Å². The molecule has 0 N–H and O–H groups in total. The first-order valence-electron chi connectivity index (χ1n) is 10.5. The van der Waals surface area contributed by atoms with Crippen LogP contribution in [-0.2, 0) is 28.4 Å².